The molecule has 0 amide bonds. The molecule has 0 bridgehead atoms. The van der Waals surface area contributed by atoms with Crippen molar-refractivity contribution in [2.75, 3.05) is 6.54 Å². The summed E-state index contributed by atoms with van der Waals surface area (Å²) in [5.41, 5.74) is 0.951. The fourth-order valence-corrected chi connectivity index (χ4v) is 2.93. The summed E-state index contributed by atoms with van der Waals surface area (Å²) in [7, 11) is -3.63. The molecule has 21 heavy (non-hydrogen) atoms. The van der Waals surface area contributed by atoms with E-state index < -0.39 is 10.0 Å². The number of sulfonamides is 1. The van der Waals surface area contributed by atoms with E-state index in [1.165, 1.54) is 25.3 Å². The van der Waals surface area contributed by atoms with E-state index in [9.17, 15) is 8.42 Å². The molecule has 2 atom stereocenters. The first kappa shape index (κ1) is 18.1. The van der Waals surface area contributed by atoms with Crippen LogP contribution in [0.1, 0.15) is 58.1 Å². The zero-order valence-electron chi connectivity index (χ0n) is 13.3. The van der Waals surface area contributed by atoms with Gasteiger partial charge in [-0.1, -0.05) is 45.2 Å². The van der Waals surface area contributed by atoms with Crippen molar-refractivity contribution in [3.05, 3.63) is 29.8 Å². The monoisotopic (exact) mass is 312 g/mol. The lowest BCUT2D eigenvalue weighted by Gasteiger charge is -2.20. The molecular weight excluding hydrogens is 284 g/mol. The molecule has 1 aromatic rings. The predicted molar refractivity (Wildman–Crippen MR) is 87.5 cm³/mol. The maximum Gasteiger partial charge on any atom is 0.238 e. The Bertz CT molecular complexity index is 529. The Balaban J connectivity index is 2.65. The van der Waals surface area contributed by atoms with E-state index >= 15 is 0 Å². The van der Waals surface area contributed by atoms with Crippen LogP contribution in [0.5, 0.6) is 0 Å². The van der Waals surface area contributed by atoms with Crippen molar-refractivity contribution < 1.29 is 8.42 Å². The fourth-order valence-electron chi connectivity index (χ4n) is 2.37. The summed E-state index contributed by atoms with van der Waals surface area (Å²) in [5.74, 6) is 0.675. The highest BCUT2D eigenvalue weighted by molar-refractivity contribution is 7.89. The minimum absolute atomic E-state index is 0.113. The van der Waals surface area contributed by atoms with Gasteiger partial charge in [-0.05, 0) is 43.5 Å². The highest BCUT2D eigenvalue weighted by Crippen LogP contribution is 2.18. The molecule has 0 fully saturated rings. The van der Waals surface area contributed by atoms with Crippen LogP contribution >= 0.6 is 0 Å². The largest absolute Gasteiger partial charge is 0.310 e. The van der Waals surface area contributed by atoms with Crippen molar-refractivity contribution in [1.29, 1.82) is 0 Å². The lowest BCUT2D eigenvalue weighted by Crippen LogP contribution is -2.26. The molecule has 0 spiro atoms. The molecule has 0 saturated carbocycles. The quantitative estimate of drug-likeness (QED) is 0.735. The van der Waals surface area contributed by atoms with E-state index in [2.05, 4.69) is 26.1 Å². The third-order valence-electron chi connectivity index (χ3n) is 3.94. The second kappa shape index (κ2) is 8.51. The molecule has 5 heteroatoms. The molecule has 1 aromatic carbocycles. The van der Waals surface area contributed by atoms with Gasteiger partial charge in [0.1, 0.15) is 0 Å². The van der Waals surface area contributed by atoms with E-state index in [-0.39, 0.29) is 10.9 Å². The van der Waals surface area contributed by atoms with Crippen LogP contribution in [0.4, 0.5) is 0 Å². The number of hydrogen-bond acceptors (Lipinski definition) is 3. The van der Waals surface area contributed by atoms with Gasteiger partial charge in [0.25, 0.3) is 0 Å². The van der Waals surface area contributed by atoms with Crippen molar-refractivity contribution in [2.45, 2.75) is 57.4 Å². The minimum atomic E-state index is -3.63. The zero-order chi connectivity index (χ0) is 15.9. The molecular formula is C16H28N2O2S. The molecule has 0 aromatic heterocycles. The third-order valence-corrected chi connectivity index (χ3v) is 4.85. The average Bonchev–Trinajstić information content (AvgIpc) is 2.46. The van der Waals surface area contributed by atoms with Crippen LogP contribution in [0.15, 0.2) is 29.2 Å². The van der Waals surface area contributed by atoms with E-state index in [0.29, 0.717) is 5.92 Å². The zero-order valence-corrected chi connectivity index (χ0v) is 14.1. The summed E-state index contributed by atoms with van der Waals surface area (Å²) in [6.07, 6.45) is 4.89. The van der Waals surface area contributed by atoms with Gasteiger partial charge in [0.05, 0.1) is 4.90 Å². The number of unbranched alkanes of at least 4 members (excludes halogenated alkanes) is 1. The Hall–Kier alpha value is -0.910. The summed E-state index contributed by atoms with van der Waals surface area (Å²) in [5, 5.41) is 8.68. The SMILES string of the molecule is CCCCC(CC)CNC(C)c1cccc(S(N)(=O)=O)c1. The Morgan fingerprint density at radius 2 is 2.00 bits per heavy atom. The van der Waals surface area contributed by atoms with Crippen LogP contribution in [0.3, 0.4) is 0 Å². The van der Waals surface area contributed by atoms with Crippen molar-refractivity contribution in [3.8, 4) is 0 Å². The first-order valence-electron chi connectivity index (χ1n) is 7.74. The maximum absolute atomic E-state index is 11.4. The topological polar surface area (TPSA) is 72.2 Å². The molecule has 0 radical (unpaired) electrons. The van der Waals surface area contributed by atoms with Gasteiger partial charge < -0.3 is 5.32 Å². The lowest BCUT2D eigenvalue weighted by atomic mass is 9.98. The highest BCUT2D eigenvalue weighted by Gasteiger charge is 2.13. The number of nitrogens with one attached hydrogen (secondary N) is 1. The normalized spacial score (nSPS) is 14.9. The predicted octanol–water partition coefficient (Wildman–Crippen LogP) is 3.20. The Morgan fingerprint density at radius 3 is 2.57 bits per heavy atom. The maximum atomic E-state index is 11.4. The third kappa shape index (κ3) is 6.16. The summed E-state index contributed by atoms with van der Waals surface area (Å²) in [4.78, 5) is 0.173. The van der Waals surface area contributed by atoms with Crippen molar-refractivity contribution in [3.63, 3.8) is 0 Å². The molecule has 2 unspecified atom stereocenters. The fraction of sp³-hybridized carbons (Fsp3) is 0.625. The minimum Gasteiger partial charge on any atom is -0.310 e. The highest BCUT2D eigenvalue weighted by atomic mass is 32.2. The number of rotatable bonds is 9. The van der Waals surface area contributed by atoms with Crippen LogP contribution in [0.25, 0.3) is 0 Å². The van der Waals surface area contributed by atoms with E-state index in [0.717, 1.165) is 18.5 Å². The number of hydrogen-bond donors (Lipinski definition) is 2. The number of nitrogens with two attached hydrogens (primary N) is 1. The molecule has 3 N–H and O–H groups in total. The first-order valence-corrected chi connectivity index (χ1v) is 9.29. The second-order valence-electron chi connectivity index (χ2n) is 5.66. The van der Waals surface area contributed by atoms with Crippen LogP contribution < -0.4 is 10.5 Å². The molecule has 120 valence electrons. The summed E-state index contributed by atoms with van der Waals surface area (Å²) < 4.78 is 22.8. The Morgan fingerprint density at radius 1 is 1.29 bits per heavy atom. The lowest BCUT2D eigenvalue weighted by molar-refractivity contribution is 0.398. The van der Waals surface area contributed by atoms with Gasteiger partial charge >= 0.3 is 0 Å². The van der Waals surface area contributed by atoms with Gasteiger partial charge in [0.2, 0.25) is 10.0 Å². The number of benzene rings is 1. The molecule has 0 aliphatic heterocycles. The van der Waals surface area contributed by atoms with E-state index in [1.54, 1.807) is 12.1 Å². The molecule has 0 aliphatic carbocycles. The van der Waals surface area contributed by atoms with Crippen LogP contribution in [0.2, 0.25) is 0 Å². The van der Waals surface area contributed by atoms with Gasteiger partial charge in [-0.25, -0.2) is 13.6 Å². The smallest absolute Gasteiger partial charge is 0.238 e. The molecule has 0 heterocycles. The number of primary sulfonamides is 1. The van der Waals surface area contributed by atoms with Crippen molar-refractivity contribution >= 4 is 10.0 Å². The van der Waals surface area contributed by atoms with Gasteiger partial charge in [-0.2, -0.15) is 0 Å². The first-order chi connectivity index (χ1) is 9.88. The van der Waals surface area contributed by atoms with Crippen LogP contribution in [-0.4, -0.2) is 15.0 Å². The molecule has 0 aliphatic rings. The van der Waals surface area contributed by atoms with Crippen LogP contribution in [-0.2, 0) is 10.0 Å². The Kier molecular flexibility index (Phi) is 7.35. The van der Waals surface area contributed by atoms with E-state index in [1.807, 2.05) is 6.07 Å². The van der Waals surface area contributed by atoms with Gasteiger partial charge in [-0.3, -0.25) is 0 Å². The van der Waals surface area contributed by atoms with Gasteiger partial charge in [0.15, 0.2) is 0 Å². The molecule has 1 rings (SSSR count). The molecule has 0 saturated heterocycles. The summed E-state index contributed by atoms with van der Waals surface area (Å²) >= 11 is 0. The van der Waals surface area contributed by atoms with Crippen molar-refractivity contribution in [2.24, 2.45) is 11.1 Å². The van der Waals surface area contributed by atoms with Gasteiger partial charge in [0, 0.05) is 6.04 Å². The standard InChI is InChI=1S/C16H28N2O2S/c1-4-6-8-14(5-2)12-18-13(3)15-9-7-10-16(11-15)21(17,19)20/h7,9-11,13-14,18H,4-6,8,12H2,1-3H3,(H2,17,19,20). The van der Waals surface area contributed by atoms with E-state index in [4.69, 9.17) is 5.14 Å². The Labute approximate surface area is 129 Å². The summed E-state index contributed by atoms with van der Waals surface area (Å²) in [6, 6.07) is 6.96. The van der Waals surface area contributed by atoms with Gasteiger partial charge in [-0.15, -0.1) is 0 Å². The second-order valence-corrected chi connectivity index (χ2v) is 7.23. The average molecular weight is 312 g/mol. The molecule has 4 nitrogen and oxygen atoms in total. The van der Waals surface area contributed by atoms with Crippen LogP contribution in [0, 0.1) is 5.92 Å². The van der Waals surface area contributed by atoms with Crippen molar-refractivity contribution in [1.82, 2.24) is 5.32 Å². The summed E-state index contributed by atoms with van der Waals surface area (Å²) in [6.45, 7) is 7.43.